The molecule has 3 aliphatic rings. The molecule has 2 aromatic rings. The first-order valence-electron chi connectivity index (χ1n) is 11.3. The van der Waals surface area contributed by atoms with E-state index in [0.29, 0.717) is 12.0 Å². The maximum atomic E-state index is 6.50. The van der Waals surface area contributed by atoms with Gasteiger partial charge in [0.1, 0.15) is 0 Å². The van der Waals surface area contributed by atoms with E-state index in [2.05, 4.69) is 44.9 Å². The third kappa shape index (κ3) is 4.72. The number of aromatic nitrogens is 4. The number of fused-ring (bicyclic) bond motifs is 1. The largest absolute Gasteiger partial charge is 0.376 e. The summed E-state index contributed by atoms with van der Waals surface area (Å²) in [5.74, 6) is 2.87. The molecule has 0 amide bonds. The van der Waals surface area contributed by atoms with Crippen LogP contribution in [0, 0.1) is 23.7 Å². The SMILES string of the molecule is CC(C)Cc1cn([C@@H]2C[C@@H]3CN(Cc4cncs4)C[C@@H]3C[C@H]2OCC2CC2)nn1. The van der Waals surface area contributed by atoms with Gasteiger partial charge in [0.2, 0.25) is 0 Å². The molecule has 3 fully saturated rings. The maximum Gasteiger partial charge on any atom is 0.0829 e. The molecule has 2 saturated carbocycles. The molecule has 5 rings (SSSR count). The molecule has 6 nitrogen and oxygen atoms in total. The highest BCUT2D eigenvalue weighted by molar-refractivity contribution is 7.09. The van der Waals surface area contributed by atoms with Crippen LogP contribution in [0.3, 0.4) is 0 Å². The Morgan fingerprint density at radius 1 is 1.21 bits per heavy atom. The van der Waals surface area contributed by atoms with Crippen molar-refractivity contribution in [2.75, 3.05) is 19.7 Å². The molecule has 0 spiro atoms. The second-order valence-electron chi connectivity index (χ2n) is 9.82. The molecule has 29 heavy (non-hydrogen) atoms. The summed E-state index contributed by atoms with van der Waals surface area (Å²) in [5, 5.41) is 9.01. The number of nitrogens with zero attached hydrogens (tertiary/aromatic N) is 5. The second-order valence-corrected chi connectivity index (χ2v) is 10.8. The molecule has 158 valence electrons. The molecule has 0 unspecified atom stereocenters. The van der Waals surface area contributed by atoms with E-state index in [9.17, 15) is 0 Å². The zero-order chi connectivity index (χ0) is 19.8. The highest BCUT2D eigenvalue weighted by Crippen LogP contribution is 2.43. The summed E-state index contributed by atoms with van der Waals surface area (Å²) in [4.78, 5) is 8.23. The molecule has 2 aromatic heterocycles. The Labute approximate surface area is 177 Å². The van der Waals surface area contributed by atoms with E-state index in [0.717, 1.165) is 55.9 Å². The number of hydrogen-bond acceptors (Lipinski definition) is 6. The van der Waals surface area contributed by atoms with Gasteiger partial charge in [-0.15, -0.1) is 16.4 Å². The summed E-state index contributed by atoms with van der Waals surface area (Å²) in [5.41, 5.74) is 3.05. The summed E-state index contributed by atoms with van der Waals surface area (Å²) < 4.78 is 8.63. The van der Waals surface area contributed by atoms with E-state index in [1.807, 2.05) is 11.7 Å². The van der Waals surface area contributed by atoms with Crippen molar-refractivity contribution in [3.63, 3.8) is 0 Å². The molecule has 3 heterocycles. The molecule has 0 bridgehead atoms. The van der Waals surface area contributed by atoms with Crippen molar-refractivity contribution < 1.29 is 4.74 Å². The van der Waals surface area contributed by atoms with Crippen LogP contribution in [-0.4, -0.2) is 50.7 Å². The van der Waals surface area contributed by atoms with Gasteiger partial charge in [-0.3, -0.25) is 9.88 Å². The highest BCUT2D eigenvalue weighted by Gasteiger charge is 2.44. The van der Waals surface area contributed by atoms with E-state index in [4.69, 9.17) is 4.74 Å². The standard InChI is InChI=1S/C22H33N5OS/c1-15(2)5-19-11-27(25-24-19)21-6-17-9-26(12-20-8-23-14-29-20)10-18(17)7-22(21)28-13-16-3-4-16/h8,11,14-18,21-22H,3-7,9-10,12-13H2,1-2H3/t17-,18+,21-,22-/m1/s1. The Hall–Kier alpha value is -1.31. The van der Waals surface area contributed by atoms with Crippen molar-refractivity contribution in [1.82, 2.24) is 24.9 Å². The second kappa shape index (κ2) is 8.44. The van der Waals surface area contributed by atoms with E-state index < -0.39 is 0 Å². The van der Waals surface area contributed by atoms with Crippen LogP contribution in [0.25, 0.3) is 0 Å². The van der Waals surface area contributed by atoms with Gasteiger partial charge in [0.05, 0.1) is 23.4 Å². The molecule has 0 radical (unpaired) electrons. The van der Waals surface area contributed by atoms with Crippen LogP contribution in [-0.2, 0) is 17.7 Å². The van der Waals surface area contributed by atoms with Crippen LogP contribution >= 0.6 is 11.3 Å². The van der Waals surface area contributed by atoms with Crippen molar-refractivity contribution in [3.8, 4) is 0 Å². The Kier molecular flexibility index (Phi) is 5.71. The van der Waals surface area contributed by atoms with Crippen LogP contribution in [0.1, 0.15) is 56.1 Å². The first-order valence-corrected chi connectivity index (χ1v) is 12.1. The fourth-order valence-electron chi connectivity index (χ4n) is 5.15. The summed E-state index contributed by atoms with van der Waals surface area (Å²) in [7, 11) is 0. The number of hydrogen-bond donors (Lipinski definition) is 0. The molecule has 7 heteroatoms. The van der Waals surface area contributed by atoms with Gasteiger partial charge in [0.25, 0.3) is 0 Å². The predicted molar refractivity (Wildman–Crippen MR) is 114 cm³/mol. The van der Waals surface area contributed by atoms with Crippen molar-refractivity contribution in [3.05, 3.63) is 28.5 Å². The van der Waals surface area contributed by atoms with Gasteiger partial charge in [-0.1, -0.05) is 19.1 Å². The minimum Gasteiger partial charge on any atom is -0.376 e. The minimum absolute atomic E-state index is 0.272. The monoisotopic (exact) mass is 415 g/mol. The Morgan fingerprint density at radius 3 is 2.76 bits per heavy atom. The molecule has 1 saturated heterocycles. The van der Waals surface area contributed by atoms with Crippen LogP contribution in [0.5, 0.6) is 0 Å². The Morgan fingerprint density at radius 2 is 2.03 bits per heavy atom. The Balaban J connectivity index is 1.28. The fraction of sp³-hybridized carbons (Fsp3) is 0.773. The number of thiazole rings is 1. The lowest BCUT2D eigenvalue weighted by molar-refractivity contribution is -0.0375. The minimum atomic E-state index is 0.272. The van der Waals surface area contributed by atoms with E-state index >= 15 is 0 Å². The van der Waals surface area contributed by atoms with Gasteiger partial charge in [-0.25, -0.2) is 4.68 Å². The van der Waals surface area contributed by atoms with Gasteiger partial charge in [0, 0.05) is 43.5 Å². The normalized spacial score (nSPS) is 30.2. The van der Waals surface area contributed by atoms with Crippen LogP contribution in [0.15, 0.2) is 17.9 Å². The summed E-state index contributed by atoms with van der Waals surface area (Å²) >= 11 is 1.77. The maximum absolute atomic E-state index is 6.50. The average molecular weight is 416 g/mol. The lowest BCUT2D eigenvalue weighted by atomic mass is 9.77. The first-order chi connectivity index (χ1) is 14.1. The number of likely N-dealkylation sites (tertiary alicyclic amines) is 1. The topological polar surface area (TPSA) is 56.1 Å². The third-order valence-electron chi connectivity index (χ3n) is 6.78. The fourth-order valence-corrected chi connectivity index (χ4v) is 5.78. The van der Waals surface area contributed by atoms with E-state index in [1.165, 1.54) is 30.8 Å². The van der Waals surface area contributed by atoms with Crippen LogP contribution in [0.2, 0.25) is 0 Å². The van der Waals surface area contributed by atoms with Gasteiger partial charge < -0.3 is 4.74 Å². The third-order valence-corrected chi connectivity index (χ3v) is 7.55. The van der Waals surface area contributed by atoms with Gasteiger partial charge >= 0.3 is 0 Å². The van der Waals surface area contributed by atoms with Gasteiger partial charge in [-0.05, 0) is 55.8 Å². The predicted octanol–water partition coefficient (Wildman–Crippen LogP) is 3.81. The van der Waals surface area contributed by atoms with Gasteiger partial charge in [-0.2, -0.15) is 0 Å². The molecule has 1 aliphatic heterocycles. The van der Waals surface area contributed by atoms with Crippen LogP contribution in [0.4, 0.5) is 0 Å². The number of rotatable bonds is 8. The zero-order valence-electron chi connectivity index (χ0n) is 17.6. The molecule has 0 N–H and O–H groups in total. The van der Waals surface area contributed by atoms with E-state index in [1.54, 1.807) is 11.3 Å². The van der Waals surface area contributed by atoms with Crippen molar-refractivity contribution >= 4 is 11.3 Å². The summed E-state index contributed by atoms with van der Waals surface area (Å²) in [6, 6.07) is 0.326. The first kappa shape index (κ1) is 19.6. The smallest absolute Gasteiger partial charge is 0.0829 e. The molecule has 2 aliphatic carbocycles. The van der Waals surface area contributed by atoms with E-state index in [-0.39, 0.29) is 6.10 Å². The molecule has 0 aromatic carbocycles. The lowest BCUT2D eigenvalue weighted by Crippen LogP contribution is -2.38. The Bertz CT molecular complexity index is 787. The zero-order valence-corrected chi connectivity index (χ0v) is 18.4. The van der Waals surface area contributed by atoms with Crippen molar-refractivity contribution in [2.24, 2.45) is 23.7 Å². The van der Waals surface area contributed by atoms with Gasteiger partial charge in [0.15, 0.2) is 0 Å². The average Bonchev–Trinajstić information content (AvgIpc) is 3.06. The van der Waals surface area contributed by atoms with Crippen molar-refractivity contribution in [2.45, 2.75) is 64.6 Å². The summed E-state index contributed by atoms with van der Waals surface area (Å²) in [6.45, 7) is 8.81. The highest BCUT2D eigenvalue weighted by atomic mass is 32.1. The summed E-state index contributed by atoms with van der Waals surface area (Å²) in [6.07, 6.45) is 10.5. The quantitative estimate of drug-likeness (QED) is 0.656. The van der Waals surface area contributed by atoms with Crippen molar-refractivity contribution in [1.29, 1.82) is 0 Å². The lowest BCUT2D eigenvalue weighted by Gasteiger charge is -2.37. The molecular weight excluding hydrogens is 382 g/mol. The molecular formula is C22H33N5OS. The van der Waals surface area contributed by atoms with Crippen LogP contribution < -0.4 is 0 Å². The molecule has 4 atom stereocenters. The number of ether oxygens (including phenoxy) is 1.